The summed E-state index contributed by atoms with van der Waals surface area (Å²) >= 11 is 0. The molecule has 0 amide bonds. The first kappa shape index (κ1) is 16.8. The van der Waals surface area contributed by atoms with Gasteiger partial charge in [-0.05, 0) is 79.7 Å². The van der Waals surface area contributed by atoms with Crippen LogP contribution in [0.5, 0.6) is 0 Å². The van der Waals surface area contributed by atoms with E-state index in [2.05, 4.69) is 22.9 Å². The molecular formula is C22H28O3. The van der Waals surface area contributed by atoms with Crippen LogP contribution in [0.2, 0.25) is 0 Å². The SMILES string of the molecule is COC(=O)CCCC(=O)c1cccc(C23CC4CC(CC(C4)C2)C3)c1. The molecule has 0 aromatic heterocycles. The zero-order valence-electron chi connectivity index (χ0n) is 15.1. The van der Waals surface area contributed by atoms with Crippen molar-refractivity contribution >= 4 is 11.8 Å². The summed E-state index contributed by atoms with van der Waals surface area (Å²) in [6.45, 7) is 0. The predicted molar refractivity (Wildman–Crippen MR) is 96.5 cm³/mol. The van der Waals surface area contributed by atoms with Crippen molar-refractivity contribution in [2.24, 2.45) is 17.8 Å². The third-order valence-corrected chi connectivity index (χ3v) is 6.85. The summed E-state index contributed by atoms with van der Waals surface area (Å²) in [5.74, 6) is 2.63. The van der Waals surface area contributed by atoms with Gasteiger partial charge in [0.05, 0.1) is 7.11 Å². The lowest BCUT2D eigenvalue weighted by Gasteiger charge is -2.57. The molecular weight excluding hydrogens is 312 g/mol. The van der Waals surface area contributed by atoms with Crippen molar-refractivity contribution in [1.29, 1.82) is 0 Å². The number of carbonyl (C=O) groups excluding carboxylic acids is 2. The molecule has 4 saturated carbocycles. The van der Waals surface area contributed by atoms with E-state index in [1.165, 1.54) is 51.2 Å². The van der Waals surface area contributed by atoms with Crippen molar-refractivity contribution in [3.8, 4) is 0 Å². The van der Waals surface area contributed by atoms with Gasteiger partial charge in [0, 0.05) is 18.4 Å². The van der Waals surface area contributed by atoms with Gasteiger partial charge in [0.25, 0.3) is 0 Å². The first-order valence-electron chi connectivity index (χ1n) is 9.78. The Hall–Kier alpha value is -1.64. The molecule has 4 bridgehead atoms. The van der Waals surface area contributed by atoms with Gasteiger partial charge >= 0.3 is 5.97 Å². The number of hydrogen-bond acceptors (Lipinski definition) is 3. The van der Waals surface area contributed by atoms with Crippen molar-refractivity contribution in [3.05, 3.63) is 35.4 Å². The van der Waals surface area contributed by atoms with Gasteiger partial charge < -0.3 is 4.74 Å². The molecule has 0 atom stereocenters. The van der Waals surface area contributed by atoms with Crippen LogP contribution in [0.4, 0.5) is 0 Å². The number of ketones is 1. The van der Waals surface area contributed by atoms with Gasteiger partial charge in [-0.25, -0.2) is 0 Å². The second-order valence-corrected chi connectivity index (χ2v) is 8.63. The third kappa shape index (κ3) is 3.26. The quantitative estimate of drug-likeness (QED) is 0.558. The first-order valence-corrected chi connectivity index (χ1v) is 9.78. The first-order chi connectivity index (χ1) is 12.1. The Kier molecular flexibility index (Phi) is 4.43. The standard InChI is InChI=1S/C22H28O3/c1-25-21(24)7-3-6-20(23)18-4-2-5-19(11-18)22-12-15-8-16(13-22)10-17(9-15)14-22/h2,4-5,11,15-17H,3,6-10,12-14H2,1H3. The molecule has 0 spiro atoms. The Balaban J connectivity index is 1.48. The van der Waals surface area contributed by atoms with Gasteiger partial charge in [-0.1, -0.05) is 18.2 Å². The topological polar surface area (TPSA) is 43.4 Å². The Morgan fingerprint density at radius 2 is 1.68 bits per heavy atom. The molecule has 0 N–H and O–H groups in total. The average Bonchev–Trinajstić information content (AvgIpc) is 2.60. The van der Waals surface area contributed by atoms with E-state index >= 15 is 0 Å². The summed E-state index contributed by atoms with van der Waals surface area (Å²) in [7, 11) is 1.39. The minimum Gasteiger partial charge on any atom is -0.469 e. The lowest BCUT2D eigenvalue weighted by molar-refractivity contribution is -0.140. The van der Waals surface area contributed by atoms with E-state index in [-0.39, 0.29) is 11.8 Å². The third-order valence-electron chi connectivity index (χ3n) is 6.85. The van der Waals surface area contributed by atoms with Gasteiger partial charge in [0.15, 0.2) is 5.78 Å². The van der Waals surface area contributed by atoms with E-state index in [4.69, 9.17) is 0 Å². The second-order valence-electron chi connectivity index (χ2n) is 8.63. The van der Waals surface area contributed by atoms with Crippen molar-refractivity contribution in [3.63, 3.8) is 0 Å². The van der Waals surface area contributed by atoms with E-state index in [9.17, 15) is 9.59 Å². The maximum Gasteiger partial charge on any atom is 0.305 e. The minimum atomic E-state index is -0.241. The van der Waals surface area contributed by atoms with Crippen LogP contribution < -0.4 is 0 Å². The maximum atomic E-state index is 12.5. The highest BCUT2D eigenvalue weighted by Gasteiger charge is 2.51. The molecule has 4 fully saturated rings. The fourth-order valence-corrected chi connectivity index (χ4v) is 6.13. The minimum absolute atomic E-state index is 0.149. The number of benzene rings is 1. The van der Waals surface area contributed by atoms with Crippen LogP contribution in [0.25, 0.3) is 0 Å². The molecule has 0 heterocycles. The van der Waals surface area contributed by atoms with E-state index in [0.29, 0.717) is 24.7 Å². The molecule has 25 heavy (non-hydrogen) atoms. The summed E-state index contributed by atoms with van der Waals surface area (Å²) in [6.07, 6.45) is 9.56. The number of methoxy groups -OCH3 is 1. The van der Waals surface area contributed by atoms with E-state index < -0.39 is 0 Å². The van der Waals surface area contributed by atoms with Crippen LogP contribution in [-0.4, -0.2) is 18.9 Å². The smallest absolute Gasteiger partial charge is 0.305 e. The summed E-state index contributed by atoms with van der Waals surface area (Å²) in [5.41, 5.74) is 2.54. The molecule has 1 aromatic rings. The van der Waals surface area contributed by atoms with Crippen LogP contribution in [0.3, 0.4) is 0 Å². The summed E-state index contributed by atoms with van der Waals surface area (Å²) in [5, 5.41) is 0. The van der Waals surface area contributed by atoms with E-state index in [1.54, 1.807) is 0 Å². The van der Waals surface area contributed by atoms with Crippen LogP contribution >= 0.6 is 0 Å². The monoisotopic (exact) mass is 340 g/mol. The van der Waals surface area contributed by atoms with Gasteiger partial charge in [0.1, 0.15) is 0 Å². The Bertz CT molecular complexity index is 640. The van der Waals surface area contributed by atoms with Gasteiger partial charge in [-0.15, -0.1) is 0 Å². The number of hydrogen-bond donors (Lipinski definition) is 0. The highest BCUT2D eigenvalue weighted by atomic mass is 16.5. The molecule has 5 rings (SSSR count). The average molecular weight is 340 g/mol. The second kappa shape index (κ2) is 6.59. The number of esters is 1. The zero-order valence-corrected chi connectivity index (χ0v) is 15.1. The largest absolute Gasteiger partial charge is 0.469 e. The summed E-state index contributed by atoms with van der Waals surface area (Å²) in [4.78, 5) is 23.8. The lowest BCUT2D eigenvalue weighted by Crippen LogP contribution is -2.48. The highest BCUT2D eigenvalue weighted by molar-refractivity contribution is 5.96. The summed E-state index contributed by atoms with van der Waals surface area (Å²) < 4.78 is 4.64. The number of rotatable bonds is 6. The van der Waals surface area contributed by atoms with Crippen LogP contribution in [0, 0.1) is 17.8 Å². The van der Waals surface area contributed by atoms with Crippen molar-refractivity contribution in [2.75, 3.05) is 7.11 Å². The fourth-order valence-electron chi connectivity index (χ4n) is 6.13. The molecule has 0 saturated heterocycles. The molecule has 0 unspecified atom stereocenters. The van der Waals surface area contributed by atoms with Gasteiger partial charge in [0.2, 0.25) is 0 Å². The molecule has 3 nitrogen and oxygen atoms in total. The highest BCUT2D eigenvalue weighted by Crippen LogP contribution is 2.60. The number of ether oxygens (including phenoxy) is 1. The lowest BCUT2D eigenvalue weighted by atomic mass is 9.48. The molecule has 0 radical (unpaired) electrons. The van der Waals surface area contributed by atoms with Crippen LogP contribution in [0.15, 0.2) is 24.3 Å². The van der Waals surface area contributed by atoms with Crippen molar-refractivity contribution in [1.82, 2.24) is 0 Å². The van der Waals surface area contributed by atoms with E-state index in [0.717, 1.165) is 23.3 Å². The molecule has 4 aliphatic rings. The van der Waals surface area contributed by atoms with Crippen molar-refractivity contribution < 1.29 is 14.3 Å². The normalized spacial score (nSPS) is 32.6. The Morgan fingerprint density at radius 3 is 2.28 bits per heavy atom. The van der Waals surface area contributed by atoms with Gasteiger partial charge in [-0.3, -0.25) is 9.59 Å². The maximum absolute atomic E-state index is 12.5. The zero-order chi connectivity index (χ0) is 17.4. The van der Waals surface area contributed by atoms with Gasteiger partial charge in [-0.2, -0.15) is 0 Å². The Morgan fingerprint density at radius 1 is 1.04 bits per heavy atom. The van der Waals surface area contributed by atoms with Crippen LogP contribution in [0.1, 0.15) is 73.7 Å². The fraction of sp³-hybridized carbons (Fsp3) is 0.636. The molecule has 1 aromatic carbocycles. The molecule has 3 heteroatoms. The van der Waals surface area contributed by atoms with Crippen molar-refractivity contribution in [2.45, 2.75) is 63.2 Å². The molecule has 4 aliphatic carbocycles. The number of carbonyl (C=O) groups is 2. The summed E-state index contributed by atoms with van der Waals surface area (Å²) in [6, 6.07) is 8.40. The van der Waals surface area contributed by atoms with Crippen LogP contribution in [-0.2, 0) is 14.9 Å². The number of Topliss-reactive ketones (excluding diaryl/α,β-unsaturated/α-hetero) is 1. The Labute approximate surface area is 150 Å². The predicted octanol–water partition coefficient (Wildman–Crippen LogP) is 4.68. The van der Waals surface area contributed by atoms with E-state index in [1.807, 2.05) is 6.07 Å². The molecule has 134 valence electrons. The molecule has 0 aliphatic heterocycles.